The first-order chi connectivity index (χ1) is 26.7. The zero-order chi connectivity index (χ0) is 40.8. The van der Waals surface area contributed by atoms with Crippen LogP contribution in [0.2, 0.25) is 0 Å². The second-order valence-electron chi connectivity index (χ2n) is 15.1. The van der Waals surface area contributed by atoms with Gasteiger partial charge in [0.15, 0.2) is 0 Å². The van der Waals surface area contributed by atoms with Crippen LogP contribution < -0.4 is 20.8 Å². The molecule has 3 aromatic rings. The lowest BCUT2D eigenvalue weighted by Gasteiger charge is -2.35. The van der Waals surface area contributed by atoms with Gasteiger partial charge in [-0.15, -0.1) is 0 Å². The molecule has 15 heteroatoms. The number of benzene rings is 2. The Hall–Kier alpha value is -5.25. The molecular formula is C41H57N7O8. The van der Waals surface area contributed by atoms with E-state index in [4.69, 9.17) is 9.84 Å². The van der Waals surface area contributed by atoms with E-state index >= 15 is 0 Å². The minimum absolute atomic E-state index is 0.00688. The fourth-order valence-electron chi connectivity index (χ4n) is 6.74. The molecule has 2 heterocycles. The Morgan fingerprint density at radius 2 is 1.68 bits per heavy atom. The summed E-state index contributed by atoms with van der Waals surface area (Å²) in [4.78, 5) is 60.4. The van der Waals surface area contributed by atoms with Gasteiger partial charge in [0.2, 0.25) is 11.8 Å². The van der Waals surface area contributed by atoms with Crippen LogP contribution in [-0.2, 0) is 35.7 Å². The summed E-state index contributed by atoms with van der Waals surface area (Å²) < 4.78 is 5.30. The summed E-state index contributed by atoms with van der Waals surface area (Å²) in [6, 6.07) is 20.1. The van der Waals surface area contributed by atoms with Gasteiger partial charge in [-0.25, -0.2) is 14.6 Å². The van der Waals surface area contributed by atoms with Crippen LogP contribution in [-0.4, -0.2) is 111 Å². The minimum atomic E-state index is -1.19. The van der Waals surface area contributed by atoms with Crippen molar-refractivity contribution in [2.75, 3.05) is 33.3 Å². The Bertz CT molecular complexity index is 1740. The Kier molecular flexibility index (Phi) is 16.0. The number of aliphatic hydroxyl groups excluding tert-OH is 2. The number of carboxylic acid groups (broad SMARTS) is 1. The van der Waals surface area contributed by atoms with Crippen molar-refractivity contribution >= 4 is 23.9 Å². The van der Waals surface area contributed by atoms with E-state index in [1.54, 1.807) is 66.1 Å². The lowest BCUT2D eigenvalue weighted by molar-refractivity contribution is -0.131. The zero-order valence-corrected chi connectivity index (χ0v) is 33.0. The SMILES string of the molecule is CC[C@H](C)[C@@H](C(=O)N[C@@H](Cc1ccccc1)[C@@H](O)CN(Cc1ccc(OC)cc1)NC(=O)CC(C)(C)CNC(=O)O)N1CCN(Cc2cccc(CO)n2)C1=O. The third kappa shape index (κ3) is 12.9. The van der Waals surface area contributed by atoms with Gasteiger partial charge in [-0.3, -0.25) is 20.0 Å². The number of rotatable bonds is 21. The second-order valence-corrected chi connectivity index (χ2v) is 15.1. The summed E-state index contributed by atoms with van der Waals surface area (Å²) in [6.07, 6.45) is -1.49. The zero-order valence-electron chi connectivity index (χ0n) is 33.0. The minimum Gasteiger partial charge on any atom is -0.497 e. The van der Waals surface area contributed by atoms with Gasteiger partial charge in [0.05, 0.1) is 43.8 Å². The van der Waals surface area contributed by atoms with E-state index in [1.807, 2.05) is 56.3 Å². The summed E-state index contributed by atoms with van der Waals surface area (Å²) in [6.45, 7) is 8.37. The third-order valence-corrected chi connectivity index (χ3v) is 9.96. The maximum atomic E-state index is 14.4. The van der Waals surface area contributed by atoms with Crippen molar-refractivity contribution in [3.63, 3.8) is 0 Å². The molecule has 2 aromatic carbocycles. The molecule has 0 spiro atoms. The summed E-state index contributed by atoms with van der Waals surface area (Å²) in [5.41, 5.74) is 5.04. The van der Waals surface area contributed by atoms with Gasteiger partial charge in [-0.2, -0.15) is 0 Å². The number of carbonyl (C=O) groups excluding carboxylic acids is 3. The van der Waals surface area contributed by atoms with Gasteiger partial charge >= 0.3 is 12.1 Å². The third-order valence-electron chi connectivity index (χ3n) is 9.96. The molecule has 6 N–H and O–H groups in total. The van der Waals surface area contributed by atoms with Crippen molar-refractivity contribution < 1.29 is 39.2 Å². The Labute approximate surface area is 329 Å². The summed E-state index contributed by atoms with van der Waals surface area (Å²) >= 11 is 0. The molecule has 304 valence electrons. The predicted octanol–water partition coefficient (Wildman–Crippen LogP) is 3.54. The molecular weight excluding hydrogens is 718 g/mol. The fraction of sp³-hybridized carbons (Fsp3) is 0.488. The molecule has 1 aliphatic heterocycles. The van der Waals surface area contributed by atoms with E-state index in [1.165, 1.54) is 0 Å². The molecule has 15 nitrogen and oxygen atoms in total. The molecule has 0 bridgehead atoms. The average Bonchev–Trinajstić information content (AvgIpc) is 3.52. The van der Waals surface area contributed by atoms with Crippen LogP contribution in [0.15, 0.2) is 72.8 Å². The standard InChI is InChI=1S/C41H57N7O8/c1-6-28(2)37(48-20-19-46(40(48)55)24-31-13-10-14-32(26-49)43-31)38(52)44-34(21-29-11-8-7-9-12-29)35(50)25-47(23-30-15-17-33(56-5)18-16-30)45-36(51)22-41(3,4)27-42-39(53)54/h7-18,28,34-35,37,42,49-50H,6,19-27H2,1-5H3,(H,44,52)(H,45,51)(H,53,54)/t28-,34-,35-,37-/m0/s1. The predicted molar refractivity (Wildman–Crippen MR) is 210 cm³/mol. The maximum absolute atomic E-state index is 14.4. The van der Waals surface area contributed by atoms with Crippen molar-refractivity contribution in [2.24, 2.45) is 11.3 Å². The van der Waals surface area contributed by atoms with Gasteiger partial charge in [-0.1, -0.05) is 82.6 Å². The van der Waals surface area contributed by atoms with Crippen LogP contribution in [0.4, 0.5) is 9.59 Å². The highest BCUT2D eigenvalue weighted by Gasteiger charge is 2.41. The largest absolute Gasteiger partial charge is 0.497 e. The molecule has 5 amide bonds. The van der Waals surface area contributed by atoms with Crippen LogP contribution in [0.5, 0.6) is 5.75 Å². The molecule has 1 fully saturated rings. The number of amides is 5. The van der Waals surface area contributed by atoms with E-state index in [-0.39, 0.29) is 63.5 Å². The molecule has 0 radical (unpaired) electrons. The van der Waals surface area contributed by atoms with Gasteiger partial charge in [0, 0.05) is 39.1 Å². The number of hydrogen-bond acceptors (Lipinski definition) is 9. The lowest BCUT2D eigenvalue weighted by Crippen LogP contribution is -2.58. The van der Waals surface area contributed by atoms with E-state index in [0.717, 1.165) is 11.1 Å². The van der Waals surface area contributed by atoms with Crippen molar-refractivity contribution in [3.05, 3.63) is 95.3 Å². The van der Waals surface area contributed by atoms with Gasteiger partial charge < -0.3 is 40.5 Å². The van der Waals surface area contributed by atoms with Crippen LogP contribution in [0.25, 0.3) is 0 Å². The summed E-state index contributed by atoms with van der Waals surface area (Å²) in [7, 11) is 1.57. The van der Waals surface area contributed by atoms with Gasteiger partial charge in [0.25, 0.3) is 0 Å². The number of carbonyl (C=O) groups is 4. The van der Waals surface area contributed by atoms with Crippen molar-refractivity contribution in [3.8, 4) is 5.75 Å². The number of aromatic nitrogens is 1. The molecule has 1 aliphatic rings. The maximum Gasteiger partial charge on any atom is 0.404 e. The van der Waals surface area contributed by atoms with Crippen LogP contribution in [0.1, 0.15) is 63.1 Å². The van der Waals surface area contributed by atoms with Crippen molar-refractivity contribution in [2.45, 2.75) is 84.8 Å². The van der Waals surface area contributed by atoms with Gasteiger partial charge in [-0.05, 0) is 53.1 Å². The second kappa shape index (κ2) is 20.6. The average molecular weight is 776 g/mol. The number of aliphatic hydroxyl groups is 2. The van der Waals surface area contributed by atoms with Crippen molar-refractivity contribution in [1.29, 1.82) is 0 Å². The smallest absolute Gasteiger partial charge is 0.404 e. The Morgan fingerprint density at radius 1 is 0.982 bits per heavy atom. The van der Waals surface area contributed by atoms with E-state index in [0.29, 0.717) is 36.6 Å². The van der Waals surface area contributed by atoms with Crippen molar-refractivity contribution in [1.82, 2.24) is 35.9 Å². The molecule has 1 aromatic heterocycles. The number of pyridine rings is 1. The Balaban J connectivity index is 1.56. The number of nitrogens with one attached hydrogen (secondary N) is 3. The highest BCUT2D eigenvalue weighted by molar-refractivity contribution is 5.88. The number of ether oxygens (including phenoxy) is 1. The summed E-state index contributed by atoms with van der Waals surface area (Å²) in [5.74, 6) is -0.327. The highest BCUT2D eigenvalue weighted by Crippen LogP contribution is 2.24. The molecule has 4 rings (SSSR count). The molecule has 1 saturated heterocycles. The number of urea groups is 1. The van der Waals surface area contributed by atoms with Crippen LogP contribution in [0.3, 0.4) is 0 Å². The van der Waals surface area contributed by atoms with E-state index in [9.17, 15) is 29.4 Å². The van der Waals surface area contributed by atoms with E-state index < -0.39 is 35.6 Å². The quantitative estimate of drug-likeness (QED) is 0.0872. The number of nitrogens with zero attached hydrogens (tertiary/aromatic N) is 4. The first kappa shape index (κ1) is 43.5. The topological polar surface area (TPSA) is 197 Å². The number of hydrazine groups is 1. The molecule has 0 saturated carbocycles. The summed E-state index contributed by atoms with van der Waals surface area (Å²) in [5, 5.41) is 37.6. The lowest BCUT2D eigenvalue weighted by atomic mass is 9.89. The molecule has 4 atom stereocenters. The number of methoxy groups -OCH3 is 1. The fourth-order valence-corrected chi connectivity index (χ4v) is 6.74. The molecule has 0 aliphatic carbocycles. The monoisotopic (exact) mass is 775 g/mol. The Morgan fingerprint density at radius 3 is 2.32 bits per heavy atom. The van der Waals surface area contributed by atoms with Crippen LogP contribution >= 0.6 is 0 Å². The molecule has 56 heavy (non-hydrogen) atoms. The first-order valence-electron chi connectivity index (χ1n) is 19.0. The normalized spacial score (nSPS) is 15.2. The first-order valence-corrected chi connectivity index (χ1v) is 19.0. The number of hydrogen-bond donors (Lipinski definition) is 6. The van der Waals surface area contributed by atoms with Gasteiger partial charge in [0.1, 0.15) is 11.8 Å². The van der Waals surface area contributed by atoms with E-state index in [2.05, 4.69) is 21.0 Å². The highest BCUT2D eigenvalue weighted by atomic mass is 16.5. The van der Waals surface area contributed by atoms with Crippen LogP contribution in [0, 0.1) is 11.3 Å². The molecule has 0 unspecified atom stereocenters.